The Bertz CT molecular complexity index is 885. The third-order valence-corrected chi connectivity index (χ3v) is 5.82. The van der Waals surface area contributed by atoms with Gasteiger partial charge in [-0.25, -0.2) is 0 Å². The smallest absolute Gasteiger partial charge is 0.293 e. The van der Waals surface area contributed by atoms with E-state index in [9.17, 15) is 4.79 Å². The molecule has 24 heavy (non-hydrogen) atoms. The van der Waals surface area contributed by atoms with Gasteiger partial charge in [-0.05, 0) is 45.8 Å². The number of carbonyl (C=O) groups excluding carboxylic acids is 1. The normalized spacial score (nSPS) is 10.8. The summed E-state index contributed by atoms with van der Waals surface area (Å²) in [6.45, 7) is 0. The van der Waals surface area contributed by atoms with Gasteiger partial charge in [0.05, 0.1) is 0 Å². The number of hydrogen-bond donors (Lipinski definition) is 1. The summed E-state index contributed by atoms with van der Waals surface area (Å²) in [4.78, 5) is 12.0. The number of benzene rings is 1. The van der Waals surface area contributed by atoms with Crippen LogP contribution in [0.4, 0.5) is 5.13 Å². The van der Waals surface area contributed by atoms with Crippen molar-refractivity contribution < 1.29 is 9.21 Å². The predicted molar refractivity (Wildman–Crippen MR) is 100 cm³/mol. The van der Waals surface area contributed by atoms with E-state index in [0.29, 0.717) is 25.6 Å². The van der Waals surface area contributed by atoms with Crippen LogP contribution in [-0.4, -0.2) is 16.1 Å². The standard InChI is InChI=1S/C14H8BrCl2N3O2S2/c15-11-4-3-10(22-11)12(21)18-13-19-20-14(24-13)23-6-7-1-2-8(16)5-9(7)17/h1-5H,6H2,(H,18,19,21). The summed E-state index contributed by atoms with van der Waals surface area (Å²) in [5.74, 6) is 0.442. The first kappa shape index (κ1) is 17.8. The molecular formula is C14H8BrCl2N3O2S2. The number of nitrogens with one attached hydrogen (secondary N) is 1. The van der Waals surface area contributed by atoms with Gasteiger partial charge in [0.25, 0.3) is 5.91 Å². The number of aromatic nitrogens is 2. The first-order chi connectivity index (χ1) is 11.5. The molecule has 0 saturated carbocycles. The van der Waals surface area contributed by atoms with Gasteiger partial charge in [-0.2, -0.15) is 0 Å². The van der Waals surface area contributed by atoms with Crippen molar-refractivity contribution in [3.8, 4) is 0 Å². The zero-order valence-electron chi connectivity index (χ0n) is 11.8. The molecule has 0 aliphatic rings. The summed E-state index contributed by atoms with van der Waals surface area (Å²) < 4.78 is 6.39. The van der Waals surface area contributed by atoms with E-state index in [0.717, 1.165) is 9.90 Å². The Morgan fingerprint density at radius 1 is 1.29 bits per heavy atom. The number of rotatable bonds is 5. The first-order valence-electron chi connectivity index (χ1n) is 6.48. The van der Waals surface area contributed by atoms with Crippen LogP contribution in [0.25, 0.3) is 0 Å². The monoisotopic (exact) mass is 463 g/mol. The van der Waals surface area contributed by atoms with E-state index in [1.165, 1.54) is 23.1 Å². The van der Waals surface area contributed by atoms with E-state index in [1.807, 2.05) is 6.07 Å². The minimum atomic E-state index is -0.380. The molecule has 5 nitrogen and oxygen atoms in total. The number of anilines is 1. The molecular weight excluding hydrogens is 457 g/mol. The first-order valence-corrected chi connectivity index (χ1v) is 9.83. The van der Waals surface area contributed by atoms with E-state index in [-0.39, 0.29) is 11.7 Å². The Hall–Kier alpha value is -1.06. The van der Waals surface area contributed by atoms with Gasteiger partial charge in [0, 0.05) is 15.8 Å². The lowest BCUT2D eigenvalue weighted by molar-refractivity contribution is 0.0995. The highest BCUT2D eigenvalue weighted by molar-refractivity contribution is 9.10. The summed E-state index contributed by atoms with van der Waals surface area (Å²) in [5.41, 5.74) is 0.951. The maximum Gasteiger partial charge on any atom is 0.293 e. The fourth-order valence-electron chi connectivity index (χ4n) is 1.69. The van der Waals surface area contributed by atoms with Crippen LogP contribution in [0.2, 0.25) is 10.0 Å². The van der Waals surface area contributed by atoms with Crippen LogP contribution < -0.4 is 5.32 Å². The van der Waals surface area contributed by atoms with Crippen LogP contribution in [0, 0.1) is 0 Å². The molecule has 0 radical (unpaired) electrons. The molecule has 0 aliphatic heterocycles. The quantitative estimate of drug-likeness (QED) is 0.384. The Morgan fingerprint density at radius 3 is 2.83 bits per heavy atom. The molecule has 1 N–H and O–H groups in total. The van der Waals surface area contributed by atoms with Crippen LogP contribution in [-0.2, 0) is 5.75 Å². The van der Waals surface area contributed by atoms with Crippen molar-refractivity contribution in [1.82, 2.24) is 10.2 Å². The topological polar surface area (TPSA) is 68.0 Å². The number of nitrogens with zero attached hydrogens (tertiary/aromatic N) is 2. The molecule has 1 aromatic carbocycles. The molecule has 2 heterocycles. The fourth-order valence-corrected chi connectivity index (χ4v) is 4.30. The molecule has 124 valence electrons. The zero-order chi connectivity index (χ0) is 17.1. The molecule has 3 aromatic rings. The molecule has 0 aliphatic carbocycles. The van der Waals surface area contributed by atoms with Crippen molar-refractivity contribution in [3.05, 3.63) is 56.4 Å². The second-order valence-electron chi connectivity index (χ2n) is 4.46. The maximum atomic E-state index is 12.0. The fraction of sp³-hybridized carbons (Fsp3) is 0.0714. The Balaban J connectivity index is 1.60. The van der Waals surface area contributed by atoms with Crippen LogP contribution in [0.1, 0.15) is 16.1 Å². The molecule has 0 bridgehead atoms. The summed E-state index contributed by atoms with van der Waals surface area (Å²) in [6.07, 6.45) is 0. The minimum absolute atomic E-state index is 0.194. The van der Waals surface area contributed by atoms with Crippen molar-refractivity contribution >= 4 is 73.3 Å². The van der Waals surface area contributed by atoms with E-state index in [1.54, 1.807) is 24.3 Å². The molecule has 0 unspecified atom stereocenters. The van der Waals surface area contributed by atoms with Crippen molar-refractivity contribution in [1.29, 1.82) is 0 Å². The SMILES string of the molecule is O=C(Nc1nnc(SCc2ccc(Cl)cc2Cl)s1)c1ccc(Br)o1. The highest BCUT2D eigenvalue weighted by Crippen LogP contribution is 2.31. The molecule has 0 fully saturated rings. The van der Waals surface area contributed by atoms with Crippen LogP contribution in [0.5, 0.6) is 0 Å². The Morgan fingerprint density at radius 2 is 2.12 bits per heavy atom. The maximum absolute atomic E-state index is 12.0. The molecule has 3 rings (SSSR count). The van der Waals surface area contributed by atoms with Crippen LogP contribution in [0.3, 0.4) is 0 Å². The zero-order valence-corrected chi connectivity index (χ0v) is 16.5. The van der Waals surface area contributed by atoms with Gasteiger partial charge in [0.1, 0.15) is 0 Å². The average Bonchev–Trinajstić information content (AvgIpc) is 3.15. The third kappa shape index (κ3) is 4.52. The van der Waals surface area contributed by atoms with Gasteiger partial charge >= 0.3 is 0 Å². The Labute approximate surface area is 163 Å². The van der Waals surface area contributed by atoms with Crippen molar-refractivity contribution in [2.24, 2.45) is 0 Å². The summed E-state index contributed by atoms with van der Waals surface area (Å²) in [5, 5.41) is 12.2. The van der Waals surface area contributed by atoms with Gasteiger partial charge in [-0.1, -0.05) is 52.4 Å². The van der Waals surface area contributed by atoms with Gasteiger partial charge in [-0.15, -0.1) is 10.2 Å². The van der Waals surface area contributed by atoms with Crippen LogP contribution >= 0.6 is 62.2 Å². The molecule has 0 spiro atoms. The minimum Gasteiger partial charge on any atom is -0.444 e. The highest BCUT2D eigenvalue weighted by Gasteiger charge is 2.14. The molecule has 1 amide bonds. The predicted octanol–water partition coefficient (Wildman–Crippen LogP) is 5.75. The average molecular weight is 465 g/mol. The number of halogens is 3. The number of amides is 1. The number of furan rings is 1. The van der Waals surface area contributed by atoms with Crippen molar-refractivity contribution in [2.75, 3.05) is 5.32 Å². The van der Waals surface area contributed by atoms with E-state index < -0.39 is 0 Å². The second-order valence-corrected chi connectivity index (χ2v) is 8.28. The lowest BCUT2D eigenvalue weighted by atomic mass is 10.2. The third-order valence-electron chi connectivity index (χ3n) is 2.79. The van der Waals surface area contributed by atoms with E-state index in [2.05, 4.69) is 31.4 Å². The number of thioether (sulfide) groups is 1. The number of carbonyl (C=O) groups is 1. The molecule has 0 atom stereocenters. The van der Waals surface area contributed by atoms with Crippen LogP contribution in [0.15, 0.2) is 43.8 Å². The lowest BCUT2D eigenvalue weighted by Gasteiger charge is -2.02. The second kappa shape index (κ2) is 7.88. The number of hydrogen-bond acceptors (Lipinski definition) is 6. The summed E-state index contributed by atoms with van der Waals surface area (Å²) in [6, 6.07) is 8.57. The van der Waals surface area contributed by atoms with E-state index >= 15 is 0 Å². The molecule has 0 saturated heterocycles. The largest absolute Gasteiger partial charge is 0.444 e. The molecule has 10 heteroatoms. The van der Waals surface area contributed by atoms with Crippen molar-refractivity contribution in [2.45, 2.75) is 10.1 Å². The van der Waals surface area contributed by atoms with Gasteiger partial charge in [0.2, 0.25) is 5.13 Å². The van der Waals surface area contributed by atoms with Gasteiger partial charge < -0.3 is 4.42 Å². The highest BCUT2D eigenvalue weighted by atomic mass is 79.9. The van der Waals surface area contributed by atoms with E-state index in [4.69, 9.17) is 27.6 Å². The van der Waals surface area contributed by atoms with Crippen molar-refractivity contribution in [3.63, 3.8) is 0 Å². The van der Waals surface area contributed by atoms with Gasteiger partial charge in [-0.3, -0.25) is 10.1 Å². The summed E-state index contributed by atoms with van der Waals surface area (Å²) in [7, 11) is 0. The van der Waals surface area contributed by atoms with Gasteiger partial charge in [0.15, 0.2) is 14.8 Å². The Kier molecular flexibility index (Phi) is 5.83. The molecule has 2 aromatic heterocycles. The lowest BCUT2D eigenvalue weighted by Crippen LogP contribution is -2.10. The summed E-state index contributed by atoms with van der Waals surface area (Å²) >= 11 is 17.9.